The molecule has 3 rings (SSSR count). The average Bonchev–Trinajstić information content (AvgIpc) is 3.09. The summed E-state index contributed by atoms with van der Waals surface area (Å²) in [6, 6.07) is 15.1. The van der Waals surface area contributed by atoms with E-state index in [1.807, 2.05) is 74.0 Å². The predicted molar refractivity (Wildman–Crippen MR) is 115 cm³/mol. The fourth-order valence-corrected chi connectivity index (χ4v) is 3.49. The molecule has 0 aliphatic rings. The molecule has 152 valence electrons. The molecule has 3 aromatic rings. The third kappa shape index (κ3) is 5.08. The number of nitrogens with zero attached hydrogens (tertiary/aromatic N) is 3. The standard InChI is InChI=1S/C21H24N4O3S/c1-4-27-17-12-8-6-10-15(17)20-23-24-21(25(20)3)29-14-19(26)22-16-11-7-9-13-18(16)28-5-2/h6-13H,4-5,14H2,1-3H3,(H,22,26). The zero-order valence-electron chi connectivity index (χ0n) is 16.7. The van der Waals surface area contributed by atoms with Crippen molar-refractivity contribution in [1.82, 2.24) is 14.8 Å². The summed E-state index contributed by atoms with van der Waals surface area (Å²) < 4.78 is 13.1. The fraction of sp³-hybridized carbons (Fsp3) is 0.286. The largest absolute Gasteiger partial charge is 0.493 e. The third-order valence-corrected chi connectivity index (χ3v) is 5.08. The molecule has 1 heterocycles. The summed E-state index contributed by atoms with van der Waals surface area (Å²) in [6.07, 6.45) is 0. The zero-order valence-corrected chi connectivity index (χ0v) is 17.5. The van der Waals surface area contributed by atoms with Crippen LogP contribution in [0.2, 0.25) is 0 Å². The fourth-order valence-electron chi connectivity index (χ4n) is 2.78. The summed E-state index contributed by atoms with van der Waals surface area (Å²) in [5.74, 6) is 2.17. The van der Waals surface area contributed by atoms with Gasteiger partial charge in [0.15, 0.2) is 11.0 Å². The second kappa shape index (κ2) is 9.97. The molecule has 0 unspecified atom stereocenters. The van der Waals surface area contributed by atoms with Crippen LogP contribution in [0.4, 0.5) is 5.69 Å². The van der Waals surface area contributed by atoms with Crippen molar-refractivity contribution < 1.29 is 14.3 Å². The van der Waals surface area contributed by atoms with E-state index in [1.165, 1.54) is 11.8 Å². The predicted octanol–water partition coefficient (Wildman–Crippen LogP) is 4.01. The highest BCUT2D eigenvalue weighted by Gasteiger charge is 2.16. The number of aromatic nitrogens is 3. The number of carbonyl (C=O) groups is 1. The molecule has 1 amide bonds. The molecule has 1 N–H and O–H groups in total. The lowest BCUT2D eigenvalue weighted by Crippen LogP contribution is -2.15. The lowest BCUT2D eigenvalue weighted by atomic mass is 10.2. The Bertz CT molecular complexity index is 974. The van der Waals surface area contributed by atoms with E-state index in [-0.39, 0.29) is 11.7 Å². The molecule has 0 saturated heterocycles. The molecular weight excluding hydrogens is 388 g/mol. The third-order valence-electron chi connectivity index (χ3n) is 4.06. The van der Waals surface area contributed by atoms with Crippen molar-refractivity contribution in [3.8, 4) is 22.9 Å². The van der Waals surface area contributed by atoms with Gasteiger partial charge < -0.3 is 19.4 Å². The number of amides is 1. The molecule has 7 nitrogen and oxygen atoms in total. The van der Waals surface area contributed by atoms with Gasteiger partial charge in [0.25, 0.3) is 0 Å². The molecule has 0 aliphatic heterocycles. The molecule has 29 heavy (non-hydrogen) atoms. The lowest BCUT2D eigenvalue weighted by Gasteiger charge is -2.11. The number of hydrogen-bond donors (Lipinski definition) is 1. The molecule has 0 saturated carbocycles. The summed E-state index contributed by atoms with van der Waals surface area (Å²) in [6.45, 7) is 4.95. The average molecular weight is 413 g/mol. The maximum atomic E-state index is 12.4. The first kappa shape index (κ1) is 20.7. The maximum absolute atomic E-state index is 12.4. The van der Waals surface area contributed by atoms with Crippen LogP contribution in [0.1, 0.15) is 13.8 Å². The number of rotatable bonds is 9. The second-order valence-corrected chi connectivity index (χ2v) is 7.00. The molecule has 0 radical (unpaired) electrons. The summed E-state index contributed by atoms with van der Waals surface area (Å²) >= 11 is 1.32. The lowest BCUT2D eigenvalue weighted by molar-refractivity contribution is -0.113. The zero-order chi connectivity index (χ0) is 20.6. The van der Waals surface area contributed by atoms with Crippen molar-refractivity contribution in [3.05, 3.63) is 48.5 Å². The van der Waals surface area contributed by atoms with E-state index in [1.54, 1.807) is 0 Å². The Hall–Kier alpha value is -3.00. The van der Waals surface area contributed by atoms with Crippen molar-refractivity contribution in [2.75, 3.05) is 24.3 Å². The molecule has 0 spiro atoms. The molecule has 0 atom stereocenters. The molecule has 1 aromatic heterocycles. The van der Waals surface area contributed by atoms with Gasteiger partial charge in [0.1, 0.15) is 11.5 Å². The number of nitrogens with one attached hydrogen (secondary N) is 1. The van der Waals surface area contributed by atoms with Crippen LogP contribution in [-0.4, -0.2) is 39.6 Å². The minimum Gasteiger partial charge on any atom is -0.493 e. The van der Waals surface area contributed by atoms with Gasteiger partial charge in [0.2, 0.25) is 5.91 Å². The Labute approximate surface area is 174 Å². The highest BCUT2D eigenvalue weighted by molar-refractivity contribution is 7.99. The van der Waals surface area contributed by atoms with Crippen LogP contribution in [0.15, 0.2) is 53.7 Å². The van der Waals surface area contributed by atoms with Gasteiger partial charge in [-0.15, -0.1) is 10.2 Å². The molecule has 2 aromatic carbocycles. The first-order valence-electron chi connectivity index (χ1n) is 9.40. The Morgan fingerprint density at radius 1 is 1.00 bits per heavy atom. The number of anilines is 1. The smallest absolute Gasteiger partial charge is 0.234 e. The topological polar surface area (TPSA) is 78.3 Å². The van der Waals surface area contributed by atoms with Crippen molar-refractivity contribution >= 4 is 23.4 Å². The van der Waals surface area contributed by atoms with Crippen LogP contribution in [0.5, 0.6) is 11.5 Å². The van der Waals surface area contributed by atoms with Gasteiger partial charge in [-0.05, 0) is 38.1 Å². The highest BCUT2D eigenvalue weighted by Crippen LogP contribution is 2.30. The molecular formula is C21H24N4O3S. The van der Waals surface area contributed by atoms with Crippen molar-refractivity contribution in [2.24, 2.45) is 7.05 Å². The van der Waals surface area contributed by atoms with Gasteiger partial charge in [-0.1, -0.05) is 36.0 Å². The van der Waals surface area contributed by atoms with Crippen molar-refractivity contribution in [3.63, 3.8) is 0 Å². The minimum absolute atomic E-state index is 0.138. The molecule has 0 fully saturated rings. The van der Waals surface area contributed by atoms with Crippen LogP contribution >= 0.6 is 11.8 Å². The monoisotopic (exact) mass is 412 g/mol. The Kier molecular flexibility index (Phi) is 7.13. The Balaban J connectivity index is 1.68. The first-order chi connectivity index (χ1) is 14.1. The van der Waals surface area contributed by atoms with E-state index in [0.29, 0.717) is 35.6 Å². The maximum Gasteiger partial charge on any atom is 0.234 e. The van der Waals surface area contributed by atoms with E-state index in [4.69, 9.17) is 9.47 Å². The summed E-state index contributed by atoms with van der Waals surface area (Å²) in [7, 11) is 1.88. The summed E-state index contributed by atoms with van der Waals surface area (Å²) in [5.41, 5.74) is 1.52. The number of benzene rings is 2. The van der Waals surface area contributed by atoms with E-state index in [9.17, 15) is 4.79 Å². The quantitative estimate of drug-likeness (QED) is 0.535. The Morgan fingerprint density at radius 3 is 2.41 bits per heavy atom. The van der Waals surface area contributed by atoms with Gasteiger partial charge in [0, 0.05) is 7.05 Å². The SMILES string of the molecule is CCOc1ccccc1NC(=O)CSc1nnc(-c2ccccc2OCC)n1C. The van der Waals surface area contributed by atoms with Gasteiger partial charge in [-0.25, -0.2) is 0 Å². The van der Waals surface area contributed by atoms with Crippen LogP contribution in [0, 0.1) is 0 Å². The molecule has 0 aliphatic carbocycles. The van der Waals surface area contributed by atoms with Gasteiger partial charge in [-0.2, -0.15) is 0 Å². The minimum atomic E-state index is -0.138. The van der Waals surface area contributed by atoms with Crippen molar-refractivity contribution in [2.45, 2.75) is 19.0 Å². The van der Waals surface area contributed by atoms with E-state index in [0.717, 1.165) is 11.3 Å². The second-order valence-electron chi connectivity index (χ2n) is 6.06. The van der Waals surface area contributed by atoms with Gasteiger partial charge >= 0.3 is 0 Å². The first-order valence-corrected chi connectivity index (χ1v) is 10.4. The number of thioether (sulfide) groups is 1. The van der Waals surface area contributed by atoms with Crippen LogP contribution < -0.4 is 14.8 Å². The van der Waals surface area contributed by atoms with E-state index in [2.05, 4.69) is 15.5 Å². The Morgan fingerprint density at radius 2 is 1.66 bits per heavy atom. The van der Waals surface area contributed by atoms with Crippen molar-refractivity contribution in [1.29, 1.82) is 0 Å². The molecule has 0 bridgehead atoms. The number of carbonyl (C=O) groups excluding carboxylic acids is 1. The van der Waals surface area contributed by atoms with Gasteiger partial charge in [-0.3, -0.25) is 4.79 Å². The van der Waals surface area contributed by atoms with E-state index < -0.39 is 0 Å². The number of para-hydroxylation sites is 3. The summed E-state index contributed by atoms with van der Waals surface area (Å²) in [4.78, 5) is 12.4. The van der Waals surface area contributed by atoms with Crippen LogP contribution in [0.25, 0.3) is 11.4 Å². The number of ether oxygens (including phenoxy) is 2. The summed E-state index contributed by atoms with van der Waals surface area (Å²) in [5, 5.41) is 12.1. The van der Waals surface area contributed by atoms with Gasteiger partial charge in [0.05, 0.1) is 30.2 Å². The number of hydrogen-bond acceptors (Lipinski definition) is 6. The van der Waals surface area contributed by atoms with E-state index >= 15 is 0 Å². The normalized spacial score (nSPS) is 10.6. The molecule has 8 heteroatoms. The highest BCUT2D eigenvalue weighted by atomic mass is 32.2. The van der Waals surface area contributed by atoms with Crippen LogP contribution in [-0.2, 0) is 11.8 Å². The van der Waals surface area contributed by atoms with Crippen LogP contribution in [0.3, 0.4) is 0 Å².